The minimum Gasteiger partial charge on any atom is -0.497 e. The zero-order valence-corrected chi connectivity index (χ0v) is 10.9. The van der Waals surface area contributed by atoms with Crippen molar-refractivity contribution >= 4 is 17.1 Å². The van der Waals surface area contributed by atoms with Crippen LogP contribution in [-0.4, -0.2) is 17.9 Å². The molecule has 3 nitrogen and oxygen atoms in total. The maximum atomic E-state index is 13.7. The van der Waals surface area contributed by atoms with Crippen molar-refractivity contribution in [2.75, 3.05) is 7.11 Å². The van der Waals surface area contributed by atoms with Crippen molar-refractivity contribution in [2.24, 2.45) is 0 Å². The highest BCUT2D eigenvalue weighted by molar-refractivity contribution is 7.09. The molecule has 0 aliphatic rings. The van der Waals surface area contributed by atoms with Gasteiger partial charge in [0.15, 0.2) is 5.78 Å². The Bertz CT molecular complexity index is 580. The molecule has 0 N–H and O–H groups in total. The molecule has 0 unspecified atom stereocenters. The van der Waals surface area contributed by atoms with E-state index in [9.17, 15) is 9.18 Å². The van der Waals surface area contributed by atoms with Crippen LogP contribution in [0.5, 0.6) is 5.75 Å². The summed E-state index contributed by atoms with van der Waals surface area (Å²) in [6.45, 7) is 1.87. The lowest BCUT2D eigenvalue weighted by Gasteiger charge is -2.04. The van der Waals surface area contributed by atoms with Crippen LogP contribution < -0.4 is 4.74 Å². The number of carbonyl (C=O) groups excluding carboxylic acids is 1. The van der Waals surface area contributed by atoms with Gasteiger partial charge in [-0.15, -0.1) is 11.3 Å². The molecule has 0 aliphatic carbocycles. The van der Waals surface area contributed by atoms with Gasteiger partial charge in [0.2, 0.25) is 0 Å². The van der Waals surface area contributed by atoms with Crippen molar-refractivity contribution in [2.45, 2.75) is 13.3 Å². The van der Waals surface area contributed by atoms with E-state index in [1.54, 1.807) is 6.07 Å². The summed E-state index contributed by atoms with van der Waals surface area (Å²) in [7, 11) is 1.45. The number of methoxy groups -OCH3 is 1. The minimum absolute atomic E-state index is 0.0708. The lowest BCUT2D eigenvalue weighted by molar-refractivity contribution is 0.0988. The quantitative estimate of drug-likeness (QED) is 0.798. The van der Waals surface area contributed by atoms with E-state index in [-0.39, 0.29) is 17.8 Å². The van der Waals surface area contributed by atoms with Gasteiger partial charge < -0.3 is 4.74 Å². The van der Waals surface area contributed by atoms with Gasteiger partial charge in [-0.3, -0.25) is 4.79 Å². The van der Waals surface area contributed by atoms with Crippen molar-refractivity contribution in [1.82, 2.24) is 4.98 Å². The zero-order chi connectivity index (χ0) is 13.1. The van der Waals surface area contributed by atoms with E-state index in [1.807, 2.05) is 12.3 Å². The molecule has 0 saturated heterocycles. The summed E-state index contributed by atoms with van der Waals surface area (Å²) >= 11 is 1.47. The summed E-state index contributed by atoms with van der Waals surface area (Å²) in [6.07, 6.45) is 0.119. The van der Waals surface area contributed by atoms with Gasteiger partial charge in [-0.25, -0.2) is 9.37 Å². The van der Waals surface area contributed by atoms with Crippen molar-refractivity contribution in [1.29, 1.82) is 0 Å². The number of aromatic nitrogens is 1. The van der Waals surface area contributed by atoms with E-state index < -0.39 is 5.82 Å². The monoisotopic (exact) mass is 265 g/mol. The summed E-state index contributed by atoms with van der Waals surface area (Å²) < 4.78 is 18.6. The van der Waals surface area contributed by atoms with Gasteiger partial charge in [0.05, 0.1) is 29.8 Å². The van der Waals surface area contributed by atoms with Crippen LogP contribution in [0.3, 0.4) is 0 Å². The number of rotatable bonds is 4. The number of benzene rings is 1. The normalized spacial score (nSPS) is 10.4. The maximum absolute atomic E-state index is 13.7. The van der Waals surface area contributed by atoms with Crippen LogP contribution in [-0.2, 0) is 6.42 Å². The van der Waals surface area contributed by atoms with Crippen LogP contribution >= 0.6 is 11.3 Å². The fourth-order valence-electron chi connectivity index (χ4n) is 1.60. The second kappa shape index (κ2) is 5.27. The van der Waals surface area contributed by atoms with Gasteiger partial charge in [-0.05, 0) is 19.1 Å². The molecule has 0 radical (unpaired) electrons. The number of nitrogens with zero attached hydrogens (tertiary/aromatic N) is 1. The Kier molecular flexibility index (Phi) is 3.72. The molecule has 0 amide bonds. The van der Waals surface area contributed by atoms with E-state index in [0.717, 1.165) is 5.01 Å². The van der Waals surface area contributed by atoms with Gasteiger partial charge in [0.1, 0.15) is 11.6 Å². The number of aryl methyl sites for hydroxylation is 1. The Hall–Kier alpha value is -1.75. The van der Waals surface area contributed by atoms with E-state index in [4.69, 9.17) is 4.74 Å². The third-order valence-corrected chi connectivity index (χ3v) is 3.31. The third kappa shape index (κ3) is 2.73. The molecule has 94 valence electrons. The van der Waals surface area contributed by atoms with Crippen LogP contribution in [0.1, 0.15) is 21.1 Å². The fraction of sp³-hybridized carbons (Fsp3) is 0.231. The molecule has 1 aromatic carbocycles. The highest BCUT2D eigenvalue weighted by atomic mass is 32.1. The van der Waals surface area contributed by atoms with Crippen LogP contribution in [0.4, 0.5) is 4.39 Å². The molecule has 0 spiro atoms. The summed E-state index contributed by atoms with van der Waals surface area (Å²) in [5, 5.41) is 2.71. The lowest BCUT2D eigenvalue weighted by atomic mass is 10.1. The van der Waals surface area contributed by atoms with Crippen molar-refractivity contribution in [3.63, 3.8) is 0 Å². The van der Waals surface area contributed by atoms with Crippen LogP contribution in [0.15, 0.2) is 23.6 Å². The van der Waals surface area contributed by atoms with E-state index >= 15 is 0 Å². The summed E-state index contributed by atoms with van der Waals surface area (Å²) in [6, 6.07) is 4.22. The SMILES string of the molecule is COc1ccc(C(=O)Cc2csc(C)n2)c(F)c1. The summed E-state index contributed by atoms with van der Waals surface area (Å²) in [5.41, 5.74) is 0.749. The number of halogens is 1. The first-order valence-electron chi connectivity index (χ1n) is 5.38. The molecule has 0 bridgehead atoms. The number of carbonyl (C=O) groups is 1. The van der Waals surface area contributed by atoms with Crippen LogP contribution in [0, 0.1) is 12.7 Å². The smallest absolute Gasteiger partial charge is 0.171 e. The Balaban J connectivity index is 2.18. The third-order valence-electron chi connectivity index (χ3n) is 2.48. The molecule has 2 aromatic rings. The van der Waals surface area contributed by atoms with Gasteiger partial charge in [0.25, 0.3) is 0 Å². The Morgan fingerprint density at radius 2 is 2.28 bits per heavy atom. The van der Waals surface area contributed by atoms with Crippen LogP contribution in [0.25, 0.3) is 0 Å². The number of hydrogen-bond donors (Lipinski definition) is 0. The molecular formula is C13H12FNO2S. The second-order valence-electron chi connectivity index (χ2n) is 3.80. The Morgan fingerprint density at radius 3 is 2.83 bits per heavy atom. The Morgan fingerprint density at radius 1 is 1.50 bits per heavy atom. The van der Waals surface area contributed by atoms with Crippen molar-refractivity contribution in [3.8, 4) is 5.75 Å². The summed E-state index contributed by atoms with van der Waals surface area (Å²) in [5.74, 6) is -0.444. The van der Waals surface area contributed by atoms with E-state index in [2.05, 4.69) is 4.98 Å². The highest BCUT2D eigenvalue weighted by Crippen LogP contribution is 2.18. The topological polar surface area (TPSA) is 39.2 Å². The average molecular weight is 265 g/mol. The second-order valence-corrected chi connectivity index (χ2v) is 4.87. The van der Waals surface area contributed by atoms with E-state index in [0.29, 0.717) is 11.4 Å². The van der Waals surface area contributed by atoms with Gasteiger partial charge in [-0.2, -0.15) is 0 Å². The molecule has 2 rings (SSSR count). The average Bonchev–Trinajstić information content (AvgIpc) is 2.74. The minimum atomic E-state index is -0.564. The fourth-order valence-corrected chi connectivity index (χ4v) is 2.21. The molecule has 0 fully saturated rings. The van der Waals surface area contributed by atoms with Crippen molar-refractivity contribution < 1.29 is 13.9 Å². The number of Topliss-reactive ketones (excluding diaryl/α,β-unsaturated/α-hetero) is 1. The van der Waals surface area contributed by atoms with E-state index in [1.165, 1.54) is 30.6 Å². The highest BCUT2D eigenvalue weighted by Gasteiger charge is 2.14. The Labute approximate surface area is 108 Å². The van der Waals surface area contributed by atoms with Gasteiger partial charge in [-0.1, -0.05) is 0 Å². The van der Waals surface area contributed by atoms with Gasteiger partial charge >= 0.3 is 0 Å². The largest absolute Gasteiger partial charge is 0.497 e. The molecule has 1 heterocycles. The summed E-state index contributed by atoms with van der Waals surface area (Å²) in [4.78, 5) is 16.1. The predicted molar refractivity (Wildman–Crippen MR) is 67.8 cm³/mol. The predicted octanol–water partition coefficient (Wildman–Crippen LogP) is 3.02. The molecule has 18 heavy (non-hydrogen) atoms. The standard InChI is InChI=1S/C13H12FNO2S/c1-8-15-9(7-18-8)5-13(16)11-4-3-10(17-2)6-12(11)14/h3-4,6-7H,5H2,1-2H3. The molecule has 0 atom stereocenters. The molecule has 5 heteroatoms. The van der Waals surface area contributed by atoms with Crippen LogP contribution in [0.2, 0.25) is 0 Å². The van der Waals surface area contributed by atoms with Crippen molar-refractivity contribution in [3.05, 3.63) is 45.7 Å². The molecule has 1 aromatic heterocycles. The first-order valence-corrected chi connectivity index (χ1v) is 6.26. The number of hydrogen-bond acceptors (Lipinski definition) is 4. The first-order chi connectivity index (χ1) is 8.60. The molecule has 0 aliphatic heterocycles. The molecular weight excluding hydrogens is 253 g/mol. The molecule has 0 saturated carbocycles. The zero-order valence-electron chi connectivity index (χ0n) is 10.1. The number of ether oxygens (including phenoxy) is 1. The number of ketones is 1. The number of thiazole rings is 1. The first kappa shape index (κ1) is 12.7. The van der Waals surface area contributed by atoms with Gasteiger partial charge in [0, 0.05) is 11.4 Å². The lowest BCUT2D eigenvalue weighted by Crippen LogP contribution is -2.06. The maximum Gasteiger partial charge on any atom is 0.171 e.